The zero-order chi connectivity index (χ0) is 9.84. The van der Waals surface area contributed by atoms with Crippen LogP contribution in [0.1, 0.15) is 31.5 Å². The Balaban J connectivity index is 2.52. The molecule has 0 bridgehead atoms. The zero-order valence-corrected chi connectivity index (χ0v) is 8.07. The lowest BCUT2D eigenvalue weighted by atomic mass is 10.1. The number of rotatable bonds is 3. The molecular formula is C9H14N2O2. The van der Waals surface area contributed by atoms with Crippen molar-refractivity contribution in [2.75, 3.05) is 0 Å². The first-order chi connectivity index (χ1) is 6.11. The molecule has 0 aromatic carbocycles. The van der Waals surface area contributed by atoms with Crippen LogP contribution in [-0.2, 0) is 0 Å². The summed E-state index contributed by atoms with van der Waals surface area (Å²) in [7, 11) is 0. The van der Waals surface area contributed by atoms with Gasteiger partial charge in [-0.15, -0.1) is 0 Å². The van der Waals surface area contributed by atoms with Crippen LogP contribution in [0.3, 0.4) is 0 Å². The van der Waals surface area contributed by atoms with Crippen molar-refractivity contribution in [3.8, 4) is 0 Å². The lowest BCUT2D eigenvalue weighted by molar-refractivity contribution is 0.0895. The molecule has 0 radical (unpaired) electrons. The minimum absolute atomic E-state index is 0.118. The van der Waals surface area contributed by atoms with Crippen LogP contribution in [0.15, 0.2) is 16.9 Å². The molecule has 0 aliphatic heterocycles. The fourth-order valence-corrected chi connectivity index (χ4v) is 0.771. The van der Waals surface area contributed by atoms with E-state index >= 15 is 0 Å². The van der Waals surface area contributed by atoms with Gasteiger partial charge in [0.25, 0.3) is 5.89 Å². The zero-order valence-electron chi connectivity index (χ0n) is 8.07. The van der Waals surface area contributed by atoms with E-state index in [1.807, 2.05) is 20.8 Å². The van der Waals surface area contributed by atoms with Gasteiger partial charge < -0.3 is 9.73 Å². The summed E-state index contributed by atoms with van der Waals surface area (Å²) in [5.74, 6) is 0.262. The number of hydrogen-bond acceptors (Lipinski definition) is 3. The van der Waals surface area contributed by atoms with Crippen LogP contribution >= 0.6 is 0 Å². The van der Waals surface area contributed by atoms with E-state index in [0.717, 1.165) is 0 Å². The molecule has 0 fully saturated rings. The van der Waals surface area contributed by atoms with Gasteiger partial charge in [-0.2, -0.15) is 0 Å². The van der Waals surface area contributed by atoms with E-state index in [4.69, 9.17) is 4.42 Å². The Hall–Kier alpha value is -1.32. The lowest BCUT2D eigenvalue weighted by Crippen LogP contribution is -2.36. The van der Waals surface area contributed by atoms with Crippen molar-refractivity contribution in [3.05, 3.63) is 18.4 Å². The molecule has 1 rings (SSSR count). The Kier molecular flexibility index (Phi) is 3.06. The number of oxazole rings is 1. The molecule has 1 heterocycles. The number of nitrogens with one attached hydrogen (secondary N) is 1. The fourth-order valence-electron chi connectivity index (χ4n) is 0.771. The quantitative estimate of drug-likeness (QED) is 0.769. The van der Waals surface area contributed by atoms with Gasteiger partial charge >= 0.3 is 5.91 Å². The minimum Gasteiger partial charge on any atom is -0.441 e. The molecule has 0 aliphatic rings. The number of amides is 1. The van der Waals surface area contributed by atoms with Gasteiger partial charge in [-0.25, -0.2) is 4.98 Å². The maximum absolute atomic E-state index is 11.4. The van der Waals surface area contributed by atoms with Crippen LogP contribution in [0.25, 0.3) is 0 Å². The Morgan fingerprint density at radius 3 is 2.69 bits per heavy atom. The molecular weight excluding hydrogens is 168 g/mol. The summed E-state index contributed by atoms with van der Waals surface area (Å²) in [6.07, 6.45) is 2.84. The third-order valence-corrected chi connectivity index (χ3v) is 1.99. The summed E-state index contributed by atoms with van der Waals surface area (Å²) >= 11 is 0. The Labute approximate surface area is 77.3 Å². The number of nitrogens with zero attached hydrogens (tertiary/aromatic N) is 1. The smallest absolute Gasteiger partial charge is 0.307 e. The molecule has 1 N–H and O–H groups in total. The maximum atomic E-state index is 11.4. The highest BCUT2D eigenvalue weighted by Gasteiger charge is 2.15. The summed E-state index contributed by atoms with van der Waals surface area (Å²) in [6, 6.07) is 0.124. The normalized spacial score (nSPS) is 12.9. The molecule has 1 aromatic rings. The molecule has 1 aromatic heterocycles. The van der Waals surface area contributed by atoms with Gasteiger partial charge in [0.1, 0.15) is 6.26 Å². The lowest BCUT2D eigenvalue weighted by Gasteiger charge is -2.15. The van der Waals surface area contributed by atoms with E-state index in [0.29, 0.717) is 5.92 Å². The van der Waals surface area contributed by atoms with E-state index in [1.54, 1.807) is 0 Å². The third kappa shape index (κ3) is 2.57. The van der Waals surface area contributed by atoms with Crippen LogP contribution < -0.4 is 5.32 Å². The van der Waals surface area contributed by atoms with Crippen molar-refractivity contribution in [2.45, 2.75) is 26.8 Å². The van der Waals surface area contributed by atoms with Crippen molar-refractivity contribution in [1.82, 2.24) is 10.3 Å². The number of carbonyl (C=O) groups is 1. The van der Waals surface area contributed by atoms with Gasteiger partial charge in [0, 0.05) is 6.04 Å². The minimum atomic E-state index is -0.258. The van der Waals surface area contributed by atoms with Crippen LogP contribution in [0.5, 0.6) is 0 Å². The topological polar surface area (TPSA) is 55.1 Å². The Morgan fingerprint density at radius 2 is 2.23 bits per heavy atom. The van der Waals surface area contributed by atoms with Gasteiger partial charge in [-0.05, 0) is 12.8 Å². The monoisotopic (exact) mass is 182 g/mol. The van der Waals surface area contributed by atoms with E-state index in [2.05, 4.69) is 10.3 Å². The second kappa shape index (κ2) is 4.07. The molecule has 0 saturated heterocycles. The number of hydrogen-bond donors (Lipinski definition) is 1. The molecule has 4 heteroatoms. The van der Waals surface area contributed by atoms with E-state index < -0.39 is 0 Å². The highest BCUT2D eigenvalue weighted by molar-refractivity contribution is 5.89. The van der Waals surface area contributed by atoms with Crippen molar-refractivity contribution < 1.29 is 9.21 Å². The van der Waals surface area contributed by atoms with E-state index in [1.165, 1.54) is 12.5 Å². The van der Waals surface area contributed by atoms with Gasteiger partial charge in [0.15, 0.2) is 0 Å². The van der Waals surface area contributed by atoms with Crippen LogP contribution in [0, 0.1) is 5.92 Å². The second-order valence-corrected chi connectivity index (χ2v) is 3.34. The summed E-state index contributed by atoms with van der Waals surface area (Å²) in [5, 5.41) is 2.79. The summed E-state index contributed by atoms with van der Waals surface area (Å²) in [5.41, 5.74) is 0. The van der Waals surface area contributed by atoms with E-state index in [-0.39, 0.29) is 17.8 Å². The predicted molar refractivity (Wildman–Crippen MR) is 48.3 cm³/mol. The first-order valence-electron chi connectivity index (χ1n) is 4.31. The third-order valence-electron chi connectivity index (χ3n) is 1.99. The number of carbonyl (C=O) groups excluding carboxylic acids is 1. The SMILES string of the molecule is CC(C)[C@@H](C)NC(=O)c1ncco1. The first kappa shape index (κ1) is 9.77. The molecule has 1 amide bonds. The van der Waals surface area contributed by atoms with Gasteiger partial charge in [-0.3, -0.25) is 4.79 Å². The molecule has 0 saturated carbocycles. The molecule has 72 valence electrons. The standard InChI is InChI=1S/C9H14N2O2/c1-6(2)7(3)11-8(12)9-10-4-5-13-9/h4-7H,1-3H3,(H,11,12)/t7-/m1/s1. The number of aromatic nitrogens is 1. The van der Waals surface area contributed by atoms with Crippen molar-refractivity contribution >= 4 is 5.91 Å². The molecule has 0 aliphatic carbocycles. The Bertz CT molecular complexity index is 267. The van der Waals surface area contributed by atoms with Gasteiger partial charge in [0.2, 0.25) is 0 Å². The highest BCUT2D eigenvalue weighted by Crippen LogP contribution is 2.01. The average molecular weight is 182 g/mol. The summed E-state index contributed by atoms with van der Waals surface area (Å²) < 4.78 is 4.85. The highest BCUT2D eigenvalue weighted by atomic mass is 16.3. The maximum Gasteiger partial charge on any atom is 0.307 e. The molecule has 0 spiro atoms. The van der Waals surface area contributed by atoms with Crippen molar-refractivity contribution in [2.24, 2.45) is 5.92 Å². The van der Waals surface area contributed by atoms with Crippen molar-refractivity contribution in [1.29, 1.82) is 0 Å². The molecule has 1 atom stereocenters. The van der Waals surface area contributed by atoms with Crippen LogP contribution in [0.2, 0.25) is 0 Å². The second-order valence-electron chi connectivity index (χ2n) is 3.34. The van der Waals surface area contributed by atoms with Gasteiger partial charge in [-0.1, -0.05) is 13.8 Å². The molecule has 4 nitrogen and oxygen atoms in total. The first-order valence-corrected chi connectivity index (χ1v) is 4.31. The fraction of sp³-hybridized carbons (Fsp3) is 0.556. The van der Waals surface area contributed by atoms with Crippen LogP contribution in [0.4, 0.5) is 0 Å². The molecule has 0 unspecified atom stereocenters. The van der Waals surface area contributed by atoms with Crippen molar-refractivity contribution in [3.63, 3.8) is 0 Å². The summed E-state index contributed by atoms with van der Waals surface area (Å²) in [4.78, 5) is 15.1. The summed E-state index contributed by atoms with van der Waals surface area (Å²) in [6.45, 7) is 6.03. The van der Waals surface area contributed by atoms with Crippen LogP contribution in [-0.4, -0.2) is 16.9 Å². The van der Waals surface area contributed by atoms with E-state index in [9.17, 15) is 4.79 Å². The van der Waals surface area contributed by atoms with Gasteiger partial charge in [0.05, 0.1) is 6.20 Å². The average Bonchev–Trinajstić information content (AvgIpc) is 2.55. The Morgan fingerprint density at radius 1 is 1.54 bits per heavy atom. The molecule has 13 heavy (non-hydrogen) atoms. The largest absolute Gasteiger partial charge is 0.441 e. The predicted octanol–water partition coefficient (Wildman–Crippen LogP) is 1.45.